The fraction of sp³-hybridized carbons (Fsp3) is 0.211. The van der Waals surface area contributed by atoms with Gasteiger partial charge in [0.2, 0.25) is 5.91 Å². The summed E-state index contributed by atoms with van der Waals surface area (Å²) in [6.07, 6.45) is 3.71. The average molecular weight is 352 g/mol. The molecular weight excluding hydrogens is 335 g/mol. The fourth-order valence-electron chi connectivity index (χ4n) is 3.20. The fourth-order valence-corrected chi connectivity index (χ4v) is 3.20. The van der Waals surface area contributed by atoms with Gasteiger partial charge in [-0.05, 0) is 42.8 Å². The molecule has 0 bridgehead atoms. The number of rotatable bonds is 3. The van der Waals surface area contributed by atoms with Crippen molar-refractivity contribution in [3.63, 3.8) is 0 Å². The third kappa shape index (κ3) is 2.92. The number of carbonyl (C=O) groups is 2. The molecule has 2 aromatic heterocycles. The Morgan fingerprint density at radius 3 is 2.77 bits per heavy atom. The molecule has 4 rings (SSSR count). The van der Waals surface area contributed by atoms with Crippen LogP contribution in [0.4, 0.5) is 10.1 Å². The van der Waals surface area contributed by atoms with Gasteiger partial charge in [-0.15, -0.1) is 0 Å². The lowest BCUT2D eigenvalue weighted by molar-refractivity contribution is -0.117. The number of nitrogens with zero attached hydrogens (tertiary/aromatic N) is 3. The second-order valence-corrected chi connectivity index (χ2v) is 6.40. The Hall–Kier alpha value is -3.22. The third-order valence-corrected chi connectivity index (χ3v) is 4.51. The Balaban J connectivity index is 1.48. The number of benzene rings is 1. The number of pyridine rings is 1. The quantitative estimate of drug-likeness (QED) is 0.787. The first-order valence-corrected chi connectivity index (χ1v) is 8.32. The molecule has 1 aliphatic heterocycles. The topological polar surface area (TPSA) is 66.7 Å². The molecule has 3 heterocycles. The minimum atomic E-state index is -0.354. The number of aromatic nitrogens is 2. The Morgan fingerprint density at radius 2 is 2.04 bits per heavy atom. The molecule has 0 radical (unpaired) electrons. The van der Waals surface area contributed by atoms with Gasteiger partial charge in [-0.1, -0.05) is 6.07 Å². The van der Waals surface area contributed by atoms with E-state index in [9.17, 15) is 14.0 Å². The summed E-state index contributed by atoms with van der Waals surface area (Å²) in [5, 5.41) is 2.87. The predicted molar refractivity (Wildman–Crippen MR) is 94.6 cm³/mol. The number of imidazole rings is 1. The highest BCUT2D eigenvalue weighted by atomic mass is 19.1. The van der Waals surface area contributed by atoms with Gasteiger partial charge in [-0.2, -0.15) is 0 Å². The highest BCUT2D eigenvalue weighted by Crippen LogP contribution is 2.22. The first-order valence-electron chi connectivity index (χ1n) is 8.32. The van der Waals surface area contributed by atoms with Crippen molar-refractivity contribution in [3.05, 3.63) is 65.9 Å². The first-order chi connectivity index (χ1) is 12.5. The number of nitrogens with one attached hydrogen (secondary N) is 1. The van der Waals surface area contributed by atoms with Crippen LogP contribution in [-0.4, -0.2) is 33.8 Å². The molecule has 1 saturated heterocycles. The molecule has 2 amide bonds. The van der Waals surface area contributed by atoms with Crippen LogP contribution in [0.5, 0.6) is 0 Å². The van der Waals surface area contributed by atoms with Crippen molar-refractivity contribution < 1.29 is 14.0 Å². The van der Waals surface area contributed by atoms with Crippen LogP contribution in [0.25, 0.3) is 5.65 Å². The van der Waals surface area contributed by atoms with Crippen LogP contribution in [0.2, 0.25) is 0 Å². The van der Waals surface area contributed by atoms with E-state index in [1.807, 2.05) is 25.3 Å². The van der Waals surface area contributed by atoms with E-state index in [1.54, 1.807) is 27.6 Å². The molecule has 1 N–H and O–H groups in total. The molecule has 0 aliphatic carbocycles. The molecular formula is C19H17FN4O2. The van der Waals surface area contributed by atoms with Gasteiger partial charge in [0.1, 0.15) is 17.2 Å². The number of fused-ring (bicyclic) bond motifs is 1. The summed E-state index contributed by atoms with van der Waals surface area (Å²) in [7, 11) is 0. The summed E-state index contributed by atoms with van der Waals surface area (Å²) in [5.74, 6) is -0.771. The zero-order valence-electron chi connectivity index (χ0n) is 14.1. The maximum Gasteiger partial charge on any atom is 0.271 e. The lowest BCUT2D eigenvalue weighted by atomic mass is 10.2. The SMILES string of the molecule is Cc1cccn2cc(C(=O)N[C@@H]3CC(=O)N(c4ccc(F)cc4)C3)nc12. The van der Waals surface area contributed by atoms with Gasteiger partial charge in [0.05, 0.1) is 6.04 Å². The normalized spacial score (nSPS) is 17.1. The maximum absolute atomic E-state index is 13.1. The van der Waals surface area contributed by atoms with Crippen LogP contribution in [0.15, 0.2) is 48.8 Å². The Labute approximate surface area is 149 Å². The van der Waals surface area contributed by atoms with E-state index < -0.39 is 0 Å². The monoisotopic (exact) mass is 352 g/mol. The third-order valence-electron chi connectivity index (χ3n) is 4.51. The van der Waals surface area contributed by atoms with E-state index in [0.29, 0.717) is 17.9 Å². The van der Waals surface area contributed by atoms with Gasteiger partial charge < -0.3 is 14.6 Å². The summed E-state index contributed by atoms with van der Waals surface area (Å²) in [6.45, 7) is 2.28. The minimum Gasteiger partial charge on any atom is -0.346 e. The van der Waals surface area contributed by atoms with Crippen LogP contribution in [0.1, 0.15) is 22.5 Å². The Kier molecular flexibility index (Phi) is 3.91. The van der Waals surface area contributed by atoms with E-state index >= 15 is 0 Å². The number of halogens is 1. The van der Waals surface area contributed by atoms with Gasteiger partial charge in [0.15, 0.2) is 0 Å². The van der Waals surface area contributed by atoms with Gasteiger partial charge in [-0.3, -0.25) is 9.59 Å². The number of carbonyl (C=O) groups excluding carboxylic acids is 2. The molecule has 1 atom stereocenters. The highest BCUT2D eigenvalue weighted by molar-refractivity contribution is 5.98. The summed E-state index contributed by atoms with van der Waals surface area (Å²) >= 11 is 0. The zero-order chi connectivity index (χ0) is 18.3. The van der Waals surface area contributed by atoms with Crippen molar-refractivity contribution >= 4 is 23.1 Å². The summed E-state index contributed by atoms with van der Waals surface area (Å²) in [6, 6.07) is 9.25. The molecule has 3 aromatic rings. The van der Waals surface area contributed by atoms with Crippen molar-refractivity contribution in [2.75, 3.05) is 11.4 Å². The smallest absolute Gasteiger partial charge is 0.271 e. The van der Waals surface area contributed by atoms with E-state index in [4.69, 9.17) is 0 Å². The highest BCUT2D eigenvalue weighted by Gasteiger charge is 2.32. The molecule has 7 heteroatoms. The summed E-state index contributed by atoms with van der Waals surface area (Å²) < 4.78 is 14.9. The lowest BCUT2D eigenvalue weighted by Gasteiger charge is -2.17. The number of hydrogen-bond donors (Lipinski definition) is 1. The number of amides is 2. The Morgan fingerprint density at radius 1 is 1.27 bits per heavy atom. The van der Waals surface area contributed by atoms with Crippen molar-refractivity contribution in [2.24, 2.45) is 0 Å². The maximum atomic E-state index is 13.1. The summed E-state index contributed by atoms with van der Waals surface area (Å²) in [5.41, 5.74) is 2.64. The molecule has 132 valence electrons. The number of anilines is 1. The number of aryl methyl sites for hydroxylation is 1. The van der Waals surface area contributed by atoms with Crippen LogP contribution in [-0.2, 0) is 4.79 Å². The van der Waals surface area contributed by atoms with Crippen molar-refractivity contribution in [1.29, 1.82) is 0 Å². The van der Waals surface area contributed by atoms with Crippen LogP contribution in [0.3, 0.4) is 0 Å². The minimum absolute atomic E-state index is 0.104. The molecule has 0 saturated carbocycles. The van der Waals surface area contributed by atoms with E-state index in [2.05, 4.69) is 10.3 Å². The van der Waals surface area contributed by atoms with Crippen LogP contribution >= 0.6 is 0 Å². The second kappa shape index (κ2) is 6.25. The molecule has 1 aliphatic rings. The second-order valence-electron chi connectivity index (χ2n) is 6.40. The standard InChI is InChI=1S/C19H17FN4O2/c1-12-3-2-8-23-11-16(22-18(12)23)19(26)21-14-9-17(25)24(10-14)15-6-4-13(20)5-7-15/h2-8,11,14H,9-10H2,1H3,(H,21,26)/t14-/m1/s1. The number of hydrogen-bond acceptors (Lipinski definition) is 3. The molecule has 0 spiro atoms. The van der Waals surface area contributed by atoms with Crippen molar-refractivity contribution in [2.45, 2.75) is 19.4 Å². The molecule has 1 aromatic carbocycles. The van der Waals surface area contributed by atoms with E-state index in [0.717, 1.165) is 11.2 Å². The molecule has 26 heavy (non-hydrogen) atoms. The average Bonchev–Trinajstić information content (AvgIpc) is 3.20. The predicted octanol–water partition coefficient (Wildman–Crippen LogP) is 2.32. The van der Waals surface area contributed by atoms with Crippen LogP contribution in [0, 0.1) is 12.7 Å². The van der Waals surface area contributed by atoms with E-state index in [1.165, 1.54) is 12.1 Å². The van der Waals surface area contributed by atoms with Gasteiger partial charge in [-0.25, -0.2) is 9.37 Å². The molecule has 1 fully saturated rings. The van der Waals surface area contributed by atoms with E-state index in [-0.39, 0.29) is 30.1 Å². The Bertz CT molecular complexity index is 996. The van der Waals surface area contributed by atoms with Crippen molar-refractivity contribution in [1.82, 2.24) is 14.7 Å². The zero-order valence-corrected chi connectivity index (χ0v) is 14.1. The molecule has 0 unspecified atom stereocenters. The van der Waals surface area contributed by atoms with Crippen molar-refractivity contribution in [3.8, 4) is 0 Å². The lowest BCUT2D eigenvalue weighted by Crippen LogP contribution is -2.37. The van der Waals surface area contributed by atoms with Crippen LogP contribution < -0.4 is 10.2 Å². The molecule has 6 nitrogen and oxygen atoms in total. The van der Waals surface area contributed by atoms with Gasteiger partial charge in [0, 0.05) is 31.0 Å². The first kappa shape index (κ1) is 16.3. The van der Waals surface area contributed by atoms with Gasteiger partial charge in [0.25, 0.3) is 5.91 Å². The van der Waals surface area contributed by atoms with Gasteiger partial charge >= 0.3 is 0 Å². The largest absolute Gasteiger partial charge is 0.346 e. The summed E-state index contributed by atoms with van der Waals surface area (Å²) in [4.78, 5) is 30.7.